The van der Waals surface area contributed by atoms with Gasteiger partial charge in [-0.3, -0.25) is 19.8 Å². The van der Waals surface area contributed by atoms with E-state index in [-0.39, 0.29) is 5.69 Å². The molecule has 8 heteroatoms. The molecule has 1 aliphatic heterocycles. The van der Waals surface area contributed by atoms with Gasteiger partial charge in [0.25, 0.3) is 11.6 Å². The van der Waals surface area contributed by atoms with Gasteiger partial charge in [-0.15, -0.1) is 0 Å². The summed E-state index contributed by atoms with van der Waals surface area (Å²) < 4.78 is 7.39. The monoisotopic (exact) mass is 372 g/mol. The highest BCUT2D eigenvalue weighted by atomic mass is 16.6. The molecule has 1 aromatic heterocycles. The first-order chi connectivity index (χ1) is 13.0. The number of benzene rings is 1. The maximum absolute atomic E-state index is 11.8. The smallest absolute Gasteiger partial charge is 0.270 e. The van der Waals surface area contributed by atoms with Crippen LogP contribution >= 0.6 is 0 Å². The highest BCUT2D eigenvalue weighted by molar-refractivity contribution is 5.95. The Morgan fingerprint density at radius 3 is 2.67 bits per heavy atom. The summed E-state index contributed by atoms with van der Waals surface area (Å²) in [6, 6.07) is 8.17. The lowest BCUT2D eigenvalue weighted by atomic mass is 10.1. The Hall–Kier alpha value is -2.71. The molecule has 0 spiro atoms. The van der Waals surface area contributed by atoms with Gasteiger partial charge in [0.15, 0.2) is 0 Å². The fraction of sp³-hybridized carbons (Fsp3) is 0.421. The van der Waals surface area contributed by atoms with E-state index in [1.165, 1.54) is 12.1 Å². The average Bonchev–Trinajstić information content (AvgIpc) is 3.00. The fourth-order valence-corrected chi connectivity index (χ4v) is 3.48. The van der Waals surface area contributed by atoms with E-state index >= 15 is 0 Å². The molecule has 3 rings (SSSR count). The quantitative estimate of drug-likeness (QED) is 0.593. The molecule has 2 aromatic rings. The third-order valence-electron chi connectivity index (χ3n) is 4.94. The number of primary amides is 1. The van der Waals surface area contributed by atoms with Gasteiger partial charge in [-0.1, -0.05) is 12.1 Å². The fourth-order valence-electron chi connectivity index (χ4n) is 3.48. The average molecular weight is 372 g/mol. The first-order valence-corrected chi connectivity index (χ1v) is 9.02. The third kappa shape index (κ3) is 4.35. The molecule has 8 nitrogen and oxygen atoms in total. The number of hydrogen-bond donors (Lipinski definition) is 1. The topological polar surface area (TPSA) is 104 Å². The highest BCUT2D eigenvalue weighted by Gasteiger charge is 2.18. The number of hydrogen-bond acceptors (Lipinski definition) is 5. The lowest BCUT2D eigenvalue weighted by Crippen LogP contribution is -2.37. The molecule has 0 bridgehead atoms. The van der Waals surface area contributed by atoms with Crippen molar-refractivity contribution < 1.29 is 14.5 Å². The van der Waals surface area contributed by atoms with Crippen LogP contribution in [0.5, 0.6) is 0 Å². The van der Waals surface area contributed by atoms with Crippen LogP contribution in [-0.4, -0.2) is 53.1 Å². The third-order valence-corrected chi connectivity index (χ3v) is 4.94. The minimum absolute atomic E-state index is 0.0202. The SMILES string of the molecule is Cc1c(C(N)=O)cc(-c2cccc([N+](=O)[O-])c2)n1CCCN1CCOCC1. The molecule has 0 aliphatic carbocycles. The van der Waals surface area contributed by atoms with E-state index in [0.29, 0.717) is 17.7 Å². The van der Waals surface area contributed by atoms with E-state index in [1.807, 2.05) is 17.6 Å². The molecule has 144 valence electrons. The van der Waals surface area contributed by atoms with Crippen molar-refractivity contribution >= 4 is 11.6 Å². The first kappa shape index (κ1) is 19.1. The number of carbonyl (C=O) groups excluding carboxylic acids is 1. The number of carbonyl (C=O) groups is 1. The molecule has 1 aromatic carbocycles. The normalized spacial score (nSPS) is 15.0. The zero-order valence-corrected chi connectivity index (χ0v) is 15.4. The second kappa shape index (κ2) is 8.32. The highest BCUT2D eigenvalue weighted by Crippen LogP contribution is 2.28. The molecule has 0 atom stereocenters. The van der Waals surface area contributed by atoms with Gasteiger partial charge in [-0.25, -0.2) is 0 Å². The molecule has 1 fully saturated rings. The molecule has 1 saturated heterocycles. The molecule has 0 unspecified atom stereocenters. The summed E-state index contributed by atoms with van der Waals surface area (Å²) in [6.07, 6.45) is 0.898. The van der Waals surface area contributed by atoms with Gasteiger partial charge in [0.1, 0.15) is 0 Å². The van der Waals surface area contributed by atoms with E-state index < -0.39 is 10.8 Å². The maximum atomic E-state index is 11.8. The summed E-state index contributed by atoms with van der Waals surface area (Å²) in [5, 5.41) is 11.1. The summed E-state index contributed by atoms with van der Waals surface area (Å²) in [5.74, 6) is -0.494. The number of ether oxygens (including phenoxy) is 1. The summed E-state index contributed by atoms with van der Waals surface area (Å²) in [5.41, 5.74) is 8.24. The second-order valence-corrected chi connectivity index (χ2v) is 6.66. The molecule has 0 radical (unpaired) electrons. The van der Waals surface area contributed by atoms with Crippen molar-refractivity contribution in [2.75, 3.05) is 32.8 Å². The second-order valence-electron chi connectivity index (χ2n) is 6.66. The zero-order valence-electron chi connectivity index (χ0n) is 15.4. The van der Waals surface area contributed by atoms with Crippen molar-refractivity contribution in [1.82, 2.24) is 9.47 Å². The van der Waals surface area contributed by atoms with Crippen LogP contribution in [0, 0.1) is 17.0 Å². The molecule has 2 N–H and O–H groups in total. The van der Waals surface area contributed by atoms with Crippen molar-refractivity contribution in [1.29, 1.82) is 0 Å². The number of nitrogens with zero attached hydrogens (tertiary/aromatic N) is 3. The van der Waals surface area contributed by atoms with E-state index in [2.05, 4.69) is 4.90 Å². The number of morpholine rings is 1. The predicted molar refractivity (Wildman–Crippen MR) is 102 cm³/mol. The van der Waals surface area contributed by atoms with Crippen LogP contribution in [0.25, 0.3) is 11.3 Å². The maximum Gasteiger partial charge on any atom is 0.270 e. The van der Waals surface area contributed by atoms with Gasteiger partial charge < -0.3 is 15.0 Å². The lowest BCUT2D eigenvalue weighted by molar-refractivity contribution is -0.384. The Bertz CT molecular complexity index is 840. The van der Waals surface area contributed by atoms with Gasteiger partial charge in [0.2, 0.25) is 0 Å². The Morgan fingerprint density at radius 2 is 2.00 bits per heavy atom. The standard InChI is InChI=1S/C19H24N4O4/c1-14-17(19(20)24)13-18(15-4-2-5-16(12-15)23(25)26)22(14)7-3-6-21-8-10-27-11-9-21/h2,4-5,12-13H,3,6-11H2,1H3,(H2,20,24). The lowest BCUT2D eigenvalue weighted by Gasteiger charge is -2.26. The van der Waals surface area contributed by atoms with Crippen LogP contribution in [-0.2, 0) is 11.3 Å². The predicted octanol–water partition coefficient (Wildman–Crippen LogP) is 2.19. The number of aromatic nitrogens is 1. The Labute approximate surface area is 157 Å². The van der Waals surface area contributed by atoms with Crippen LogP contribution in [0.15, 0.2) is 30.3 Å². The van der Waals surface area contributed by atoms with Gasteiger partial charge in [-0.05, 0) is 19.4 Å². The van der Waals surface area contributed by atoms with Gasteiger partial charge in [0, 0.05) is 55.3 Å². The van der Waals surface area contributed by atoms with Crippen LogP contribution in [0.2, 0.25) is 0 Å². The summed E-state index contributed by atoms with van der Waals surface area (Å²) >= 11 is 0. The molecule has 1 aliphatic rings. The Morgan fingerprint density at radius 1 is 1.26 bits per heavy atom. The number of nitro benzene ring substituents is 1. The summed E-state index contributed by atoms with van der Waals surface area (Å²) in [4.78, 5) is 24.8. The number of nitro groups is 1. The zero-order chi connectivity index (χ0) is 19.4. The molecule has 0 saturated carbocycles. The Kier molecular flexibility index (Phi) is 5.88. The van der Waals surface area contributed by atoms with E-state index in [1.54, 1.807) is 12.1 Å². The van der Waals surface area contributed by atoms with Gasteiger partial charge >= 0.3 is 0 Å². The number of non-ortho nitro benzene ring substituents is 1. The van der Waals surface area contributed by atoms with Crippen LogP contribution in [0.3, 0.4) is 0 Å². The minimum Gasteiger partial charge on any atom is -0.379 e. The molecular formula is C19H24N4O4. The summed E-state index contributed by atoms with van der Waals surface area (Å²) in [6.45, 7) is 6.86. The van der Waals surface area contributed by atoms with E-state index in [9.17, 15) is 14.9 Å². The molecule has 2 heterocycles. The van der Waals surface area contributed by atoms with Gasteiger partial charge in [0.05, 0.1) is 23.7 Å². The number of nitrogens with two attached hydrogens (primary N) is 1. The molecule has 1 amide bonds. The minimum atomic E-state index is -0.494. The van der Waals surface area contributed by atoms with Crippen molar-refractivity contribution in [2.45, 2.75) is 19.9 Å². The Balaban J connectivity index is 1.86. The van der Waals surface area contributed by atoms with Crippen LogP contribution in [0.1, 0.15) is 22.5 Å². The van der Waals surface area contributed by atoms with Crippen LogP contribution in [0.4, 0.5) is 5.69 Å². The van der Waals surface area contributed by atoms with Crippen molar-refractivity contribution in [3.63, 3.8) is 0 Å². The number of rotatable bonds is 7. The van der Waals surface area contributed by atoms with Crippen molar-refractivity contribution in [2.24, 2.45) is 5.73 Å². The first-order valence-electron chi connectivity index (χ1n) is 9.02. The molecule has 27 heavy (non-hydrogen) atoms. The largest absolute Gasteiger partial charge is 0.379 e. The number of amides is 1. The van der Waals surface area contributed by atoms with Crippen molar-refractivity contribution in [3.8, 4) is 11.3 Å². The van der Waals surface area contributed by atoms with Crippen LogP contribution < -0.4 is 5.73 Å². The van der Waals surface area contributed by atoms with E-state index in [0.717, 1.165) is 50.7 Å². The molecular weight excluding hydrogens is 348 g/mol. The summed E-state index contributed by atoms with van der Waals surface area (Å²) in [7, 11) is 0. The van der Waals surface area contributed by atoms with Gasteiger partial charge in [-0.2, -0.15) is 0 Å². The van der Waals surface area contributed by atoms with Crippen molar-refractivity contribution in [3.05, 3.63) is 51.7 Å². The van der Waals surface area contributed by atoms with E-state index in [4.69, 9.17) is 10.5 Å².